The van der Waals surface area contributed by atoms with Crippen LogP contribution in [-0.2, 0) is 16.6 Å². The Kier molecular flexibility index (Phi) is 4.91. The van der Waals surface area contributed by atoms with Crippen LogP contribution in [0.3, 0.4) is 0 Å². The Morgan fingerprint density at radius 3 is 2.43 bits per heavy atom. The summed E-state index contributed by atoms with van der Waals surface area (Å²) in [5, 5.41) is 1.91. The first-order chi connectivity index (χ1) is 13.5. The molecule has 7 nitrogen and oxygen atoms in total. The quantitative estimate of drug-likeness (QED) is 0.671. The second-order valence-electron chi connectivity index (χ2n) is 6.74. The molecule has 0 spiro atoms. The summed E-state index contributed by atoms with van der Waals surface area (Å²) in [4.78, 5) is 18.8. The highest BCUT2D eigenvalue weighted by molar-refractivity contribution is 7.89. The Morgan fingerprint density at radius 2 is 1.71 bits per heavy atom. The highest BCUT2D eigenvalue weighted by Gasteiger charge is 2.29. The predicted molar refractivity (Wildman–Crippen MR) is 109 cm³/mol. The third-order valence-corrected chi connectivity index (χ3v) is 7.03. The number of aromatic nitrogens is 2. The lowest BCUT2D eigenvalue weighted by atomic mass is 10.1. The van der Waals surface area contributed by atoms with Crippen LogP contribution in [0.15, 0.2) is 64.5 Å². The summed E-state index contributed by atoms with van der Waals surface area (Å²) in [6.07, 6.45) is 3.27. The van der Waals surface area contributed by atoms with E-state index in [2.05, 4.69) is 4.98 Å². The van der Waals surface area contributed by atoms with Crippen LogP contribution in [0.2, 0.25) is 0 Å². The maximum absolute atomic E-state index is 13.1. The Bertz CT molecular complexity index is 1170. The molecule has 3 aromatic rings. The Labute approximate surface area is 163 Å². The Balaban J connectivity index is 1.55. The summed E-state index contributed by atoms with van der Waals surface area (Å²) >= 11 is 0. The minimum Gasteiger partial charge on any atom is -0.349 e. The van der Waals surface area contributed by atoms with Gasteiger partial charge in [-0.2, -0.15) is 4.31 Å². The van der Waals surface area contributed by atoms with Gasteiger partial charge in [-0.15, -0.1) is 0 Å². The molecule has 1 saturated heterocycles. The third-order valence-electron chi connectivity index (χ3n) is 5.13. The molecular weight excluding hydrogens is 376 g/mol. The summed E-state index contributed by atoms with van der Waals surface area (Å²) in [5.41, 5.74) is -0.143. The number of nitrogens with zero attached hydrogens (tertiary/aromatic N) is 4. The first-order valence-electron chi connectivity index (χ1n) is 9.30. The Hall–Kier alpha value is -2.71. The van der Waals surface area contributed by atoms with Crippen molar-refractivity contribution in [3.05, 3.63) is 65.2 Å². The number of benzene rings is 2. The van der Waals surface area contributed by atoms with Gasteiger partial charge in [0.1, 0.15) is 0 Å². The molecule has 0 aliphatic carbocycles. The zero-order valence-corrected chi connectivity index (χ0v) is 16.5. The molecule has 1 aliphatic rings. The van der Waals surface area contributed by atoms with E-state index in [0.29, 0.717) is 43.4 Å². The van der Waals surface area contributed by atoms with Gasteiger partial charge in [0.15, 0.2) is 5.82 Å². The molecule has 2 aromatic carbocycles. The summed E-state index contributed by atoms with van der Waals surface area (Å²) in [7, 11) is -3.58. The molecule has 146 valence electrons. The van der Waals surface area contributed by atoms with Crippen LogP contribution in [0.4, 0.5) is 5.82 Å². The van der Waals surface area contributed by atoms with E-state index in [9.17, 15) is 13.2 Å². The molecule has 8 heteroatoms. The number of sulfonamides is 1. The molecule has 1 fully saturated rings. The van der Waals surface area contributed by atoms with Crippen molar-refractivity contribution in [2.75, 3.05) is 31.1 Å². The van der Waals surface area contributed by atoms with Crippen molar-refractivity contribution in [2.45, 2.75) is 18.4 Å². The fourth-order valence-corrected chi connectivity index (χ4v) is 4.98. The normalized spacial score (nSPS) is 15.8. The minimum absolute atomic E-state index is 0.143. The van der Waals surface area contributed by atoms with Crippen molar-refractivity contribution in [3.63, 3.8) is 0 Å². The van der Waals surface area contributed by atoms with Gasteiger partial charge in [-0.05, 0) is 29.8 Å². The van der Waals surface area contributed by atoms with Gasteiger partial charge in [0.05, 0.1) is 4.90 Å². The second-order valence-corrected chi connectivity index (χ2v) is 8.68. The molecule has 0 atom stereocenters. The van der Waals surface area contributed by atoms with Crippen LogP contribution < -0.4 is 10.5 Å². The zero-order valence-electron chi connectivity index (χ0n) is 15.7. The van der Waals surface area contributed by atoms with Gasteiger partial charge in [0.25, 0.3) is 5.56 Å². The third kappa shape index (κ3) is 3.29. The molecule has 0 bridgehead atoms. The van der Waals surface area contributed by atoms with Crippen LogP contribution in [0.5, 0.6) is 0 Å². The van der Waals surface area contributed by atoms with Gasteiger partial charge in [0, 0.05) is 45.1 Å². The summed E-state index contributed by atoms with van der Waals surface area (Å²) < 4.78 is 29.2. The van der Waals surface area contributed by atoms with Crippen LogP contribution in [0.25, 0.3) is 10.8 Å². The van der Waals surface area contributed by atoms with Gasteiger partial charge < -0.3 is 9.47 Å². The molecule has 0 radical (unpaired) electrons. The largest absolute Gasteiger partial charge is 0.349 e. The van der Waals surface area contributed by atoms with E-state index in [-0.39, 0.29) is 5.56 Å². The minimum atomic E-state index is -3.58. The number of hydrogen-bond acceptors (Lipinski definition) is 5. The summed E-state index contributed by atoms with van der Waals surface area (Å²) in [6, 6.07) is 12.9. The smallest absolute Gasteiger partial charge is 0.293 e. The average Bonchev–Trinajstić information content (AvgIpc) is 2.73. The van der Waals surface area contributed by atoms with E-state index in [1.807, 2.05) is 42.2 Å². The standard InChI is InChI=1S/C20H22N4O3S/c1-2-22-10-9-21-19(20(22)25)23-11-13-24(14-12-23)28(26,27)18-8-7-16-5-3-4-6-17(16)15-18/h3-10,15H,2,11-14H2,1H3. The van der Waals surface area contributed by atoms with Crippen molar-refractivity contribution >= 4 is 26.6 Å². The van der Waals surface area contributed by atoms with Crippen molar-refractivity contribution < 1.29 is 8.42 Å². The molecule has 28 heavy (non-hydrogen) atoms. The van der Waals surface area contributed by atoms with Crippen LogP contribution in [0.1, 0.15) is 6.92 Å². The lowest BCUT2D eigenvalue weighted by Crippen LogP contribution is -2.50. The number of anilines is 1. The van der Waals surface area contributed by atoms with Gasteiger partial charge in [-0.25, -0.2) is 13.4 Å². The lowest BCUT2D eigenvalue weighted by Gasteiger charge is -2.34. The fourth-order valence-electron chi connectivity index (χ4n) is 3.52. The van der Waals surface area contributed by atoms with E-state index >= 15 is 0 Å². The second kappa shape index (κ2) is 7.37. The summed E-state index contributed by atoms with van der Waals surface area (Å²) in [5.74, 6) is 0.382. The fraction of sp³-hybridized carbons (Fsp3) is 0.300. The Morgan fingerprint density at radius 1 is 1.00 bits per heavy atom. The van der Waals surface area contributed by atoms with E-state index in [1.54, 1.807) is 29.1 Å². The first kappa shape index (κ1) is 18.6. The van der Waals surface area contributed by atoms with Crippen molar-refractivity contribution in [1.29, 1.82) is 0 Å². The number of fused-ring (bicyclic) bond motifs is 1. The molecule has 0 N–H and O–H groups in total. The maximum atomic E-state index is 13.1. The molecule has 2 heterocycles. The lowest BCUT2D eigenvalue weighted by molar-refractivity contribution is 0.383. The van der Waals surface area contributed by atoms with E-state index in [0.717, 1.165) is 10.8 Å². The molecule has 1 aliphatic heterocycles. The van der Waals surface area contributed by atoms with Crippen molar-refractivity contribution in [2.24, 2.45) is 0 Å². The first-order valence-corrected chi connectivity index (χ1v) is 10.7. The number of aryl methyl sites for hydroxylation is 1. The molecule has 0 unspecified atom stereocenters. The topological polar surface area (TPSA) is 75.5 Å². The van der Waals surface area contributed by atoms with E-state index < -0.39 is 10.0 Å². The highest BCUT2D eigenvalue weighted by atomic mass is 32.2. The predicted octanol–water partition coefficient (Wildman–Crippen LogP) is 1.93. The van der Waals surface area contributed by atoms with E-state index in [4.69, 9.17) is 0 Å². The molecule has 4 rings (SSSR count). The highest BCUT2D eigenvalue weighted by Crippen LogP contribution is 2.23. The number of hydrogen-bond donors (Lipinski definition) is 0. The number of piperazine rings is 1. The SMILES string of the molecule is CCn1ccnc(N2CCN(S(=O)(=O)c3ccc4ccccc4c3)CC2)c1=O. The van der Waals surface area contributed by atoms with Gasteiger partial charge in [0.2, 0.25) is 10.0 Å². The maximum Gasteiger partial charge on any atom is 0.293 e. The van der Waals surface area contributed by atoms with Crippen LogP contribution in [0, 0.1) is 0 Å². The summed E-state index contributed by atoms with van der Waals surface area (Å²) in [6.45, 7) is 3.98. The van der Waals surface area contributed by atoms with Crippen LogP contribution in [-0.4, -0.2) is 48.5 Å². The molecule has 1 aromatic heterocycles. The van der Waals surface area contributed by atoms with Gasteiger partial charge in [-0.3, -0.25) is 4.79 Å². The molecular formula is C20H22N4O3S. The number of rotatable bonds is 4. The average molecular weight is 398 g/mol. The monoisotopic (exact) mass is 398 g/mol. The van der Waals surface area contributed by atoms with Gasteiger partial charge in [-0.1, -0.05) is 30.3 Å². The molecule has 0 amide bonds. The van der Waals surface area contributed by atoms with Crippen molar-refractivity contribution in [3.8, 4) is 0 Å². The van der Waals surface area contributed by atoms with Crippen LogP contribution >= 0.6 is 0 Å². The van der Waals surface area contributed by atoms with E-state index in [1.165, 1.54) is 4.31 Å². The van der Waals surface area contributed by atoms with Crippen molar-refractivity contribution in [1.82, 2.24) is 13.9 Å². The van der Waals surface area contributed by atoms with Gasteiger partial charge >= 0.3 is 0 Å². The molecule has 0 saturated carbocycles. The zero-order chi connectivity index (χ0) is 19.7.